The van der Waals surface area contributed by atoms with E-state index >= 15 is 0 Å². The van der Waals surface area contributed by atoms with Gasteiger partial charge in [-0.1, -0.05) is 17.2 Å². The fourth-order valence-corrected chi connectivity index (χ4v) is 2.32. The lowest BCUT2D eigenvalue weighted by atomic mass is 10.2. The van der Waals surface area contributed by atoms with E-state index in [1.807, 2.05) is 37.4 Å². The molecule has 23 heavy (non-hydrogen) atoms. The normalized spacial score (nSPS) is 16.3. The molecule has 0 radical (unpaired) electrons. The number of rotatable bonds is 4. The molecule has 8 heteroatoms. The maximum absolute atomic E-state index is 5.84. The van der Waals surface area contributed by atoms with Crippen LogP contribution in [-0.2, 0) is 13.6 Å². The molecule has 118 valence electrons. The summed E-state index contributed by atoms with van der Waals surface area (Å²) in [6, 6.07) is 9.75. The molecule has 3 aromatic rings. The summed E-state index contributed by atoms with van der Waals surface area (Å²) >= 11 is 0. The first kappa shape index (κ1) is 13.6. The largest absolute Gasteiger partial charge is 0.485 e. The standard InChI is InChI=1S/C15H15N5O3/c1-20-10(6-7-17-20)8-16-15-19-18-14(23-15)13-9-21-11-4-2-3-5-12(11)22-13/h2-7,13H,8-9H2,1H3,(H,16,19). The molecule has 1 atom stereocenters. The Bertz CT molecular complexity index is 813. The fraction of sp³-hybridized carbons (Fsp3) is 0.267. The maximum Gasteiger partial charge on any atom is 0.315 e. The summed E-state index contributed by atoms with van der Waals surface area (Å²) in [5.41, 5.74) is 1.01. The Kier molecular flexibility index (Phi) is 3.34. The second-order valence-corrected chi connectivity index (χ2v) is 5.11. The number of nitrogens with zero attached hydrogens (tertiary/aromatic N) is 4. The molecule has 3 heterocycles. The molecule has 1 aromatic carbocycles. The molecule has 2 aromatic heterocycles. The van der Waals surface area contributed by atoms with Gasteiger partial charge in [-0.2, -0.15) is 5.10 Å². The molecule has 1 aliphatic heterocycles. The second-order valence-electron chi connectivity index (χ2n) is 5.11. The second kappa shape index (κ2) is 5.64. The van der Waals surface area contributed by atoms with E-state index in [0.29, 0.717) is 30.8 Å². The highest BCUT2D eigenvalue weighted by atomic mass is 16.6. The Hall–Kier alpha value is -3.03. The highest BCUT2D eigenvalue weighted by Gasteiger charge is 2.27. The Balaban J connectivity index is 1.43. The number of fused-ring (bicyclic) bond motifs is 1. The fourth-order valence-electron chi connectivity index (χ4n) is 2.32. The van der Waals surface area contributed by atoms with E-state index in [1.165, 1.54) is 0 Å². The van der Waals surface area contributed by atoms with Crippen molar-refractivity contribution in [2.24, 2.45) is 7.05 Å². The van der Waals surface area contributed by atoms with Gasteiger partial charge in [-0.25, -0.2) is 0 Å². The summed E-state index contributed by atoms with van der Waals surface area (Å²) < 4.78 is 18.9. The van der Waals surface area contributed by atoms with E-state index in [-0.39, 0.29) is 0 Å². The summed E-state index contributed by atoms with van der Waals surface area (Å²) in [4.78, 5) is 0. The van der Waals surface area contributed by atoms with Gasteiger partial charge in [-0.05, 0) is 18.2 Å². The summed E-state index contributed by atoms with van der Waals surface area (Å²) in [5, 5.41) is 15.2. The minimum absolute atomic E-state index is 0.334. The summed E-state index contributed by atoms with van der Waals surface area (Å²) in [6.07, 6.45) is 1.32. The third kappa shape index (κ3) is 2.70. The van der Waals surface area contributed by atoms with Crippen molar-refractivity contribution >= 4 is 6.01 Å². The predicted molar refractivity (Wildman–Crippen MR) is 80.1 cm³/mol. The number of hydrogen-bond acceptors (Lipinski definition) is 7. The van der Waals surface area contributed by atoms with Gasteiger partial charge < -0.3 is 19.2 Å². The topological polar surface area (TPSA) is 87.2 Å². The van der Waals surface area contributed by atoms with E-state index in [9.17, 15) is 0 Å². The van der Waals surface area contributed by atoms with Gasteiger partial charge in [0, 0.05) is 13.2 Å². The third-order valence-electron chi connectivity index (χ3n) is 3.57. The summed E-state index contributed by atoms with van der Waals surface area (Å²) in [7, 11) is 1.88. The van der Waals surface area contributed by atoms with Crippen molar-refractivity contribution in [2.75, 3.05) is 11.9 Å². The molecule has 0 spiro atoms. The third-order valence-corrected chi connectivity index (χ3v) is 3.57. The number of aromatic nitrogens is 4. The molecule has 1 N–H and O–H groups in total. The average Bonchev–Trinajstić information content (AvgIpc) is 3.21. The Morgan fingerprint density at radius 1 is 1.22 bits per heavy atom. The summed E-state index contributed by atoms with van der Waals surface area (Å²) in [6.45, 7) is 0.878. The number of aryl methyl sites for hydroxylation is 1. The first-order valence-electron chi connectivity index (χ1n) is 7.22. The molecule has 0 bridgehead atoms. The number of para-hydroxylation sites is 2. The van der Waals surface area contributed by atoms with Crippen LogP contribution >= 0.6 is 0 Å². The lowest BCUT2D eigenvalue weighted by molar-refractivity contribution is 0.0717. The highest BCUT2D eigenvalue weighted by molar-refractivity contribution is 5.41. The van der Waals surface area contributed by atoms with Crippen LogP contribution in [0.25, 0.3) is 0 Å². The van der Waals surface area contributed by atoms with Crippen LogP contribution in [0.4, 0.5) is 6.01 Å². The molecule has 1 aliphatic rings. The summed E-state index contributed by atoms with van der Waals surface area (Å²) in [5.74, 6) is 1.77. The minimum Gasteiger partial charge on any atom is -0.485 e. The Morgan fingerprint density at radius 3 is 2.91 bits per heavy atom. The molecule has 1 unspecified atom stereocenters. The Morgan fingerprint density at radius 2 is 2.09 bits per heavy atom. The van der Waals surface area contributed by atoms with Crippen LogP contribution < -0.4 is 14.8 Å². The van der Waals surface area contributed by atoms with Crippen LogP contribution in [0.2, 0.25) is 0 Å². The quantitative estimate of drug-likeness (QED) is 0.787. The van der Waals surface area contributed by atoms with Gasteiger partial charge in [-0.3, -0.25) is 4.68 Å². The molecular weight excluding hydrogens is 298 g/mol. The predicted octanol–water partition coefficient (Wildman–Crippen LogP) is 1.93. The van der Waals surface area contributed by atoms with E-state index < -0.39 is 6.10 Å². The van der Waals surface area contributed by atoms with Gasteiger partial charge in [0.05, 0.1) is 12.2 Å². The molecule has 0 saturated carbocycles. The van der Waals surface area contributed by atoms with Crippen LogP contribution in [0.1, 0.15) is 17.7 Å². The molecule has 8 nitrogen and oxygen atoms in total. The van der Waals surface area contributed by atoms with Gasteiger partial charge in [0.25, 0.3) is 5.89 Å². The number of ether oxygens (including phenoxy) is 2. The number of anilines is 1. The van der Waals surface area contributed by atoms with Crippen LogP contribution in [0, 0.1) is 0 Å². The van der Waals surface area contributed by atoms with Crippen LogP contribution in [0.5, 0.6) is 11.5 Å². The number of benzene rings is 1. The first-order chi connectivity index (χ1) is 11.3. The van der Waals surface area contributed by atoms with Crippen molar-refractivity contribution in [3.8, 4) is 11.5 Å². The molecule has 0 saturated heterocycles. The SMILES string of the molecule is Cn1nccc1CNc1nnc(C2COc3ccccc3O2)o1. The molecule has 0 fully saturated rings. The van der Waals surface area contributed by atoms with Crippen molar-refractivity contribution in [3.05, 3.63) is 48.1 Å². The van der Waals surface area contributed by atoms with Crippen molar-refractivity contribution in [1.29, 1.82) is 0 Å². The van der Waals surface area contributed by atoms with Crippen LogP contribution in [-0.4, -0.2) is 26.6 Å². The molecule has 0 amide bonds. The van der Waals surface area contributed by atoms with Crippen molar-refractivity contribution in [3.63, 3.8) is 0 Å². The zero-order valence-electron chi connectivity index (χ0n) is 12.5. The van der Waals surface area contributed by atoms with Crippen molar-refractivity contribution in [1.82, 2.24) is 20.0 Å². The average molecular weight is 313 g/mol. The Labute approximate surface area is 132 Å². The van der Waals surface area contributed by atoms with Gasteiger partial charge >= 0.3 is 6.01 Å². The van der Waals surface area contributed by atoms with E-state index in [4.69, 9.17) is 13.9 Å². The monoisotopic (exact) mass is 313 g/mol. The maximum atomic E-state index is 5.84. The smallest absolute Gasteiger partial charge is 0.315 e. The highest BCUT2D eigenvalue weighted by Crippen LogP contribution is 2.35. The van der Waals surface area contributed by atoms with Crippen LogP contribution in [0.15, 0.2) is 40.9 Å². The van der Waals surface area contributed by atoms with E-state index in [0.717, 1.165) is 11.4 Å². The van der Waals surface area contributed by atoms with Crippen molar-refractivity contribution < 1.29 is 13.9 Å². The van der Waals surface area contributed by atoms with Crippen molar-refractivity contribution in [2.45, 2.75) is 12.6 Å². The molecule has 4 rings (SSSR count). The lowest BCUT2D eigenvalue weighted by Crippen LogP contribution is -2.21. The zero-order chi connectivity index (χ0) is 15.6. The first-order valence-corrected chi connectivity index (χ1v) is 7.22. The van der Waals surface area contributed by atoms with E-state index in [1.54, 1.807) is 10.9 Å². The lowest BCUT2D eigenvalue weighted by Gasteiger charge is -2.23. The molecule has 0 aliphatic carbocycles. The molecular formula is C15H15N5O3. The minimum atomic E-state index is -0.412. The van der Waals surface area contributed by atoms with Gasteiger partial charge in [0.2, 0.25) is 6.10 Å². The van der Waals surface area contributed by atoms with Gasteiger partial charge in [0.1, 0.15) is 6.61 Å². The van der Waals surface area contributed by atoms with Gasteiger partial charge in [0.15, 0.2) is 11.5 Å². The van der Waals surface area contributed by atoms with E-state index in [2.05, 4.69) is 20.6 Å². The van der Waals surface area contributed by atoms with Gasteiger partial charge in [-0.15, -0.1) is 5.10 Å². The zero-order valence-corrected chi connectivity index (χ0v) is 12.5. The number of nitrogens with one attached hydrogen (secondary N) is 1. The van der Waals surface area contributed by atoms with Crippen LogP contribution in [0.3, 0.4) is 0 Å². The number of hydrogen-bond donors (Lipinski definition) is 1.